The van der Waals surface area contributed by atoms with Gasteiger partial charge in [-0.3, -0.25) is 0 Å². The highest BCUT2D eigenvalue weighted by Crippen LogP contribution is 2.24. The average Bonchev–Trinajstić information content (AvgIpc) is 2.49. The predicted octanol–water partition coefficient (Wildman–Crippen LogP) is 0.213. The Morgan fingerprint density at radius 1 is 1.13 bits per heavy atom. The fourth-order valence-electron chi connectivity index (χ4n) is 2.49. The molecule has 2 unspecified atom stereocenters. The maximum Gasteiger partial charge on any atom is 0.243 e. The van der Waals surface area contributed by atoms with E-state index in [9.17, 15) is 16.8 Å². The van der Waals surface area contributed by atoms with Gasteiger partial charge in [-0.25, -0.2) is 25.9 Å². The fourth-order valence-corrected chi connectivity index (χ4v) is 5.54. The summed E-state index contributed by atoms with van der Waals surface area (Å²) in [7, 11) is -5.03. The summed E-state index contributed by atoms with van der Waals surface area (Å²) in [6.45, 7) is 3.37. The van der Waals surface area contributed by atoms with Crippen LogP contribution in [0.4, 0.5) is 0 Å². The van der Waals surface area contributed by atoms with E-state index >= 15 is 0 Å². The van der Waals surface area contributed by atoms with Crippen molar-refractivity contribution in [3.8, 4) is 0 Å². The summed E-state index contributed by atoms with van der Waals surface area (Å²) in [6.07, 6.45) is 0.866. The molecule has 23 heavy (non-hydrogen) atoms. The van der Waals surface area contributed by atoms with Crippen molar-refractivity contribution in [1.82, 2.24) is 14.3 Å². The molecular formula is C14H23N3O4S2. The van der Waals surface area contributed by atoms with Gasteiger partial charge in [0.15, 0.2) is 0 Å². The van der Waals surface area contributed by atoms with Gasteiger partial charge in [0.25, 0.3) is 0 Å². The molecule has 130 valence electrons. The van der Waals surface area contributed by atoms with Crippen LogP contribution in [0.25, 0.3) is 0 Å². The van der Waals surface area contributed by atoms with Gasteiger partial charge in [0.05, 0.1) is 0 Å². The zero-order valence-electron chi connectivity index (χ0n) is 13.5. The first-order valence-electron chi connectivity index (χ1n) is 7.41. The minimum atomic E-state index is -3.94. The second-order valence-corrected chi connectivity index (χ2v) is 9.73. The molecule has 0 amide bonds. The highest BCUT2D eigenvalue weighted by Gasteiger charge is 2.31. The van der Waals surface area contributed by atoms with Crippen molar-refractivity contribution < 1.29 is 16.8 Å². The fraction of sp³-hybridized carbons (Fsp3) is 0.571. The van der Waals surface area contributed by atoms with E-state index < -0.39 is 20.0 Å². The molecule has 1 aliphatic heterocycles. The van der Waals surface area contributed by atoms with Gasteiger partial charge in [0.1, 0.15) is 9.79 Å². The number of nitrogens with one attached hydrogen (secondary N) is 2. The second-order valence-electron chi connectivity index (χ2n) is 5.93. The van der Waals surface area contributed by atoms with Gasteiger partial charge in [-0.2, -0.15) is 0 Å². The molecule has 1 aromatic rings. The van der Waals surface area contributed by atoms with E-state index in [0.717, 1.165) is 17.3 Å². The molecule has 7 nitrogen and oxygen atoms in total. The van der Waals surface area contributed by atoms with Crippen LogP contribution in [-0.4, -0.2) is 54.4 Å². The summed E-state index contributed by atoms with van der Waals surface area (Å²) in [5.74, 6) is 0.184. The number of rotatable bonds is 5. The molecule has 2 atom stereocenters. The number of hydrogen-bond donors (Lipinski definition) is 2. The molecule has 2 rings (SSSR count). The first-order chi connectivity index (χ1) is 10.7. The van der Waals surface area contributed by atoms with Gasteiger partial charge < -0.3 is 5.32 Å². The Morgan fingerprint density at radius 3 is 2.30 bits per heavy atom. The van der Waals surface area contributed by atoms with Gasteiger partial charge in [-0.1, -0.05) is 19.1 Å². The quantitative estimate of drug-likeness (QED) is 0.782. The Balaban J connectivity index is 2.41. The molecular weight excluding hydrogens is 338 g/mol. The maximum atomic E-state index is 12.7. The Labute approximate surface area is 138 Å². The molecule has 0 radical (unpaired) electrons. The van der Waals surface area contributed by atoms with Crippen molar-refractivity contribution in [2.45, 2.75) is 29.2 Å². The molecule has 1 saturated heterocycles. The van der Waals surface area contributed by atoms with E-state index in [-0.39, 0.29) is 21.8 Å². The zero-order chi connectivity index (χ0) is 17.3. The number of piperidine rings is 1. The van der Waals surface area contributed by atoms with E-state index in [4.69, 9.17) is 0 Å². The van der Waals surface area contributed by atoms with Crippen LogP contribution in [-0.2, 0) is 20.0 Å². The van der Waals surface area contributed by atoms with Crippen molar-refractivity contribution in [2.75, 3.05) is 27.2 Å². The van der Waals surface area contributed by atoms with E-state index in [1.165, 1.54) is 38.4 Å². The molecule has 0 saturated carbocycles. The Bertz CT molecular complexity index is 760. The molecule has 1 fully saturated rings. The van der Waals surface area contributed by atoms with Crippen LogP contribution in [0.5, 0.6) is 0 Å². The Kier molecular flexibility index (Phi) is 5.47. The van der Waals surface area contributed by atoms with Crippen molar-refractivity contribution in [3.05, 3.63) is 24.3 Å². The van der Waals surface area contributed by atoms with Gasteiger partial charge in [-0.15, -0.1) is 0 Å². The lowest BCUT2D eigenvalue weighted by atomic mass is 9.96. The Hall–Kier alpha value is -1.00. The SMILES string of the molecule is CC1CCNCC1NS(=O)(=O)c1ccccc1S(=O)(=O)N(C)C. The van der Waals surface area contributed by atoms with Crippen LogP contribution in [0.2, 0.25) is 0 Å². The molecule has 0 spiro atoms. The monoisotopic (exact) mass is 361 g/mol. The van der Waals surface area contributed by atoms with Gasteiger partial charge in [0, 0.05) is 26.7 Å². The lowest BCUT2D eigenvalue weighted by Crippen LogP contribution is -2.50. The second kappa shape index (κ2) is 6.86. The summed E-state index contributed by atoms with van der Waals surface area (Å²) in [5, 5.41) is 3.15. The molecule has 2 N–H and O–H groups in total. The molecule has 1 aromatic carbocycles. The van der Waals surface area contributed by atoms with Crippen molar-refractivity contribution in [3.63, 3.8) is 0 Å². The van der Waals surface area contributed by atoms with Gasteiger partial charge in [0.2, 0.25) is 20.0 Å². The number of hydrogen-bond acceptors (Lipinski definition) is 5. The van der Waals surface area contributed by atoms with Crippen molar-refractivity contribution in [1.29, 1.82) is 0 Å². The van der Waals surface area contributed by atoms with Gasteiger partial charge in [-0.05, 0) is 31.0 Å². The smallest absolute Gasteiger partial charge is 0.243 e. The predicted molar refractivity (Wildman–Crippen MR) is 88.1 cm³/mol. The third kappa shape index (κ3) is 3.92. The molecule has 1 aliphatic rings. The van der Waals surface area contributed by atoms with Crippen LogP contribution in [0.15, 0.2) is 34.1 Å². The molecule has 9 heteroatoms. The number of benzene rings is 1. The highest BCUT2D eigenvalue weighted by atomic mass is 32.2. The van der Waals surface area contributed by atoms with E-state index in [2.05, 4.69) is 10.0 Å². The Morgan fingerprint density at radius 2 is 1.74 bits per heavy atom. The average molecular weight is 361 g/mol. The minimum absolute atomic E-state index is 0.184. The summed E-state index contributed by atoms with van der Waals surface area (Å²) < 4.78 is 53.8. The van der Waals surface area contributed by atoms with Crippen LogP contribution in [0.3, 0.4) is 0 Å². The molecule has 0 aliphatic carbocycles. The van der Waals surface area contributed by atoms with Crippen LogP contribution in [0, 0.1) is 5.92 Å². The summed E-state index contributed by atoms with van der Waals surface area (Å²) in [5.41, 5.74) is 0. The standard InChI is InChI=1S/C14H23N3O4S2/c1-11-8-9-15-10-12(11)16-22(18,19)13-6-4-5-7-14(13)23(20,21)17(2)3/h4-7,11-12,15-16H,8-10H2,1-3H3. The highest BCUT2D eigenvalue weighted by molar-refractivity contribution is 7.92. The summed E-state index contributed by atoms with van der Waals surface area (Å²) in [4.78, 5) is -0.430. The molecule has 1 heterocycles. The van der Waals surface area contributed by atoms with Gasteiger partial charge >= 0.3 is 0 Å². The van der Waals surface area contributed by atoms with Crippen molar-refractivity contribution >= 4 is 20.0 Å². The first-order valence-corrected chi connectivity index (χ1v) is 10.3. The largest absolute Gasteiger partial charge is 0.315 e. The summed E-state index contributed by atoms with van der Waals surface area (Å²) >= 11 is 0. The lowest BCUT2D eigenvalue weighted by Gasteiger charge is -2.30. The maximum absolute atomic E-state index is 12.7. The lowest BCUT2D eigenvalue weighted by molar-refractivity contribution is 0.327. The van der Waals surface area contributed by atoms with E-state index in [1.54, 1.807) is 0 Å². The van der Waals surface area contributed by atoms with E-state index in [1.807, 2.05) is 6.92 Å². The van der Waals surface area contributed by atoms with E-state index in [0.29, 0.717) is 6.54 Å². The normalized spacial score (nSPS) is 23.1. The third-order valence-corrected chi connectivity index (χ3v) is 7.58. The topological polar surface area (TPSA) is 95.6 Å². The van der Waals surface area contributed by atoms with Crippen LogP contribution in [0.1, 0.15) is 13.3 Å². The first kappa shape index (κ1) is 18.3. The number of nitrogens with zero attached hydrogens (tertiary/aromatic N) is 1. The molecule has 0 aromatic heterocycles. The van der Waals surface area contributed by atoms with Crippen molar-refractivity contribution in [2.24, 2.45) is 5.92 Å². The zero-order valence-corrected chi connectivity index (χ0v) is 15.1. The third-order valence-electron chi connectivity index (χ3n) is 4.03. The minimum Gasteiger partial charge on any atom is -0.315 e. The number of sulfonamides is 2. The van der Waals surface area contributed by atoms with Crippen LogP contribution < -0.4 is 10.0 Å². The van der Waals surface area contributed by atoms with Crippen LogP contribution >= 0.6 is 0 Å². The molecule has 0 bridgehead atoms. The summed E-state index contributed by atoms with van der Waals surface area (Å²) in [6, 6.07) is 5.40.